The highest BCUT2D eigenvalue weighted by Gasteiger charge is 2.16. The molecule has 0 N–H and O–H groups in total. The summed E-state index contributed by atoms with van der Waals surface area (Å²) in [6.07, 6.45) is 8.61. The summed E-state index contributed by atoms with van der Waals surface area (Å²) < 4.78 is 0. The molecule has 0 radical (unpaired) electrons. The minimum atomic E-state index is -0.324. The Kier molecular flexibility index (Phi) is 5.41. The van der Waals surface area contributed by atoms with Crippen molar-refractivity contribution >= 4 is 33.8 Å². The molecule has 0 unspecified atom stereocenters. The molecule has 0 saturated heterocycles. The van der Waals surface area contributed by atoms with E-state index in [-0.39, 0.29) is 26.8 Å². The molecule has 0 aromatic carbocycles. The third-order valence-corrected chi connectivity index (χ3v) is 4.31. The van der Waals surface area contributed by atoms with Gasteiger partial charge < -0.3 is 0 Å². The average molecular weight is 370 g/mol. The van der Waals surface area contributed by atoms with Crippen molar-refractivity contribution in [2.45, 2.75) is 17.1 Å². The fraction of sp³-hybridized carbons (Fsp3) is 0.0667. The second-order valence-electron chi connectivity index (χ2n) is 4.59. The van der Waals surface area contributed by atoms with E-state index in [1.807, 2.05) is 0 Å². The minimum absolute atomic E-state index is 0.211. The zero-order valence-corrected chi connectivity index (χ0v) is 14.5. The average Bonchev–Trinajstić information content (AvgIpc) is 2.62. The van der Waals surface area contributed by atoms with E-state index in [1.165, 1.54) is 37.2 Å². The lowest BCUT2D eigenvalue weighted by atomic mass is 10.5. The predicted octanol–water partition coefficient (Wildman–Crippen LogP) is 2.23. The van der Waals surface area contributed by atoms with Crippen molar-refractivity contribution < 1.29 is 9.59 Å². The van der Waals surface area contributed by atoms with Crippen LogP contribution in [0.3, 0.4) is 0 Å². The second kappa shape index (κ2) is 7.90. The van der Waals surface area contributed by atoms with Gasteiger partial charge in [-0.05, 0) is 36.5 Å². The third-order valence-electron chi connectivity index (χ3n) is 2.74. The largest absolute Gasteiger partial charge is 0.279 e. The standard InChI is InChI=1S/C15H10N6O2S2/c1-9-6-12(24-13(22)10-7-16-2-4-18-10)21-15(20-9)25-14(23)11-8-17-3-5-19-11/h2-8H,1H3. The fourth-order valence-electron chi connectivity index (χ4n) is 1.70. The highest BCUT2D eigenvalue weighted by atomic mass is 32.2. The summed E-state index contributed by atoms with van der Waals surface area (Å²) >= 11 is 1.73. The second-order valence-corrected chi connectivity index (χ2v) is 6.52. The molecule has 0 spiro atoms. The summed E-state index contributed by atoms with van der Waals surface area (Å²) in [6, 6.07) is 1.66. The van der Waals surface area contributed by atoms with E-state index < -0.39 is 0 Å². The normalized spacial score (nSPS) is 10.4. The Morgan fingerprint density at radius 2 is 1.44 bits per heavy atom. The van der Waals surface area contributed by atoms with Crippen LogP contribution in [0, 0.1) is 6.92 Å². The molecule has 3 rings (SSSR count). The fourth-order valence-corrected chi connectivity index (χ4v) is 3.23. The number of thioether (sulfide) groups is 2. The lowest BCUT2D eigenvalue weighted by Gasteiger charge is -2.04. The molecule has 0 bridgehead atoms. The lowest BCUT2D eigenvalue weighted by Crippen LogP contribution is -2.02. The molecule has 0 atom stereocenters. The van der Waals surface area contributed by atoms with Crippen molar-refractivity contribution in [1.29, 1.82) is 0 Å². The Balaban J connectivity index is 1.76. The van der Waals surface area contributed by atoms with Crippen LogP contribution in [-0.4, -0.2) is 40.1 Å². The predicted molar refractivity (Wildman–Crippen MR) is 91.2 cm³/mol. The number of hydrogen-bond donors (Lipinski definition) is 0. The van der Waals surface area contributed by atoms with Crippen molar-refractivity contribution in [2.75, 3.05) is 0 Å². The first kappa shape index (κ1) is 17.1. The van der Waals surface area contributed by atoms with Gasteiger partial charge in [0, 0.05) is 30.5 Å². The van der Waals surface area contributed by atoms with Crippen molar-refractivity contribution in [3.8, 4) is 0 Å². The number of carbonyl (C=O) groups is 2. The van der Waals surface area contributed by atoms with E-state index in [1.54, 1.807) is 13.0 Å². The van der Waals surface area contributed by atoms with Crippen molar-refractivity contribution in [3.05, 3.63) is 60.3 Å². The lowest BCUT2D eigenvalue weighted by molar-refractivity contribution is 0.107. The zero-order chi connectivity index (χ0) is 17.6. The van der Waals surface area contributed by atoms with Crippen LogP contribution in [0.1, 0.15) is 26.7 Å². The molecule has 0 fully saturated rings. The van der Waals surface area contributed by atoms with Gasteiger partial charge in [0.2, 0.25) is 10.2 Å². The minimum Gasteiger partial charge on any atom is -0.279 e. The van der Waals surface area contributed by atoms with Crippen LogP contribution >= 0.6 is 23.5 Å². The van der Waals surface area contributed by atoms with Gasteiger partial charge >= 0.3 is 0 Å². The van der Waals surface area contributed by atoms with Crippen molar-refractivity contribution in [3.63, 3.8) is 0 Å². The first-order valence-electron chi connectivity index (χ1n) is 6.94. The Labute approximate surface area is 151 Å². The van der Waals surface area contributed by atoms with E-state index in [4.69, 9.17) is 0 Å². The Hall–Kier alpha value is -2.72. The number of nitrogens with zero attached hydrogens (tertiary/aromatic N) is 6. The molecule has 3 aromatic rings. The van der Waals surface area contributed by atoms with E-state index in [2.05, 4.69) is 29.9 Å². The number of hydrogen-bond acceptors (Lipinski definition) is 10. The number of aryl methyl sites for hydroxylation is 1. The maximum Gasteiger partial charge on any atom is 0.247 e. The van der Waals surface area contributed by atoms with Crippen LogP contribution in [0.2, 0.25) is 0 Å². The Bertz CT molecular complexity index is 837. The van der Waals surface area contributed by atoms with Gasteiger partial charge in [-0.25, -0.2) is 19.9 Å². The van der Waals surface area contributed by atoms with Crippen LogP contribution < -0.4 is 0 Å². The van der Waals surface area contributed by atoms with Gasteiger partial charge in [-0.3, -0.25) is 19.6 Å². The maximum atomic E-state index is 12.2. The molecule has 0 aliphatic carbocycles. The third kappa shape index (κ3) is 4.64. The van der Waals surface area contributed by atoms with Gasteiger partial charge in [-0.1, -0.05) is 0 Å². The molecule has 0 saturated carbocycles. The molecule has 3 aromatic heterocycles. The molecular formula is C15H10N6O2S2. The van der Waals surface area contributed by atoms with Gasteiger partial charge in [0.15, 0.2) is 5.16 Å². The first-order valence-corrected chi connectivity index (χ1v) is 8.57. The summed E-state index contributed by atoms with van der Waals surface area (Å²) in [5.74, 6) is 0. The molecule has 10 heteroatoms. The van der Waals surface area contributed by atoms with Crippen LogP contribution in [0.15, 0.2) is 53.4 Å². The zero-order valence-electron chi connectivity index (χ0n) is 12.9. The van der Waals surface area contributed by atoms with Gasteiger partial charge in [0.25, 0.3) is 0 Å². The summed E-state index contributed by atoms with van der Waals surface area (Å²) in [6.45, 7) is 1.76. The topological polar surface area (TPSA) is 111 Å². The molecule has 8 nitrogen and oxygen atoms in total. The Morgan fingerprint density at radius 3 is 2.00 bits per heavy atom. The smallest absolute Gasteiger partial charge is 0.247 e. The van der Waals surface area contributed by atoms with Crippen LogP contribution in [0.25, 0.3) is 0 Å². The van der Waals surface area contributed by atoms with E-state index in [0.29, 0.717) is 10.7 Å². The number of carbonyl (C=O) groups excluding carboxylic acids is 2. The molecule has 3 heterocycles. The van der Waals surface area contributed by atoms with Crippen LogP contribution in [0.5, 0.6) is 0 Å². The van der Waals surface area contributed by atoms with E-state index in [0.717, 1.165) is 23.5 Å². The molecule has 0 aliphatic heterocycles. The molecule has 124 valence electrons. The highest BCUT2D eigenvalue weighted by molar-refractivity contribution is 8.14. The van der Waals surface area contributed by atoms with Crippen molar-refractivity contribution in [1.82, 2.24) is 29.9 Å². The SMILES string of the molecule is Cc1cc(SC(=O)c2cnccn2)nc(SC(=O)c2cnccn2)n1. The number of aromatic nitrogens is 6. The maximum absolute atomic E-state index is 12.2. The summed E-state index contributed by atoms with van der Waals surface area (Å²) in [7, 11) is 0. The first-order chi connectivity index (χ1) is 12.1. The summed E-state index contributed by atoms with van der Waals surface area (Å²) in [4.78, 5) is 48.4. The van der Waals surface area contributed by atoms with Crippen molar-refractivity contribution in [2.24, 2.45) is 0 Å². The monoisotopic (exact) mass is 370 g/mol. The highest BCUT2D eigenvalue weighted by Crippen LogP contribution is 2.24. The van der Waals surface area contributed by atoms with E-state index >= 15 is 0 Å². The van der Waals surface area contributed by atoms with Crippen LogP contribution in [0.4, 0.5) is 0 Å². The Morgan fingerprint density at radius 1 is 0.840 bits per heavy atom. The molecule has 0 amide bonds. The van der Waals surface area contributed by atoms with E-state index in [9.17, 15) is 9.59 Å². The molecular weight excluding hydrogens is 360 g/mol. The van der Waals surface area contributed by atoms with Gasteiger partial charge in [0.05, 0.1) is 12.4 Å². The van der Waals surface area contributed by atoms with Gasteiger partial charge in [-0.15, -0.1) is 0 Å². The summed E-state index contributed by atoms with van der Waals surface area (Å²) in [5, 5.41) is 0.0556. The quantitative estimate of drug-likeness (QED) is 0.385. The van der Waals surface area contributed by atoms with Gasteiger partial charge in [0.1, 0.15) is 16.4 Å². The number of rotatable bonds is 4. The van der Waals surface area contributed by atoms with Crippen LogP contribution in [-0.2, 0) is 0 Å². The van der Waals surface area contributed by atoms with Gasteiger partial charge in [-0.2, -0.15) is 0 Å². The molecule has 0 aliphatic rings. The molecule has 25 heavy (non-hydrogen) atoms. The summed E-state index contributed by atoms with van der Waals surface area (Å²) in [5.41, 5.74) is 1.08.